The summed E-state index contributed by atoms with van der Waals surface area (Å²) in [4.78, 5) is 53.9. The van der Waals surface area contributed by atoms with Crippen LogP contribution in [0.4, 0.5) is 0 Å². The largest absolute Gasteiger partial charge is 0.456 e. The van der Waals surface area contributed by atoms with E-state index in [0.29, 0.717) is 12.0 Å². The third-order valence-electron chi connectivity index (χ3n) is 3.77. The maximum atomic E-state index is 11.6. The highest BCUT2D eigenvalue weighted by Crippen LogP contribution is 2.34. The van der Waals surface area contributed by atoms with Crippen LogP contribution >= 0.6 is 8.60 Å². The lowest BCUT2D eigenvalue weighted by molar-refractivity contribution is -0.166. The second-order valence-corrected chi connectivity index (χ2v) is 6.58. The van der Waals surface area contributed by atoms with Gasteiger partial charge in [0.1, 0.15) is 6.10 Å². The summed E-state index contributed by atoms with van der Waals surface area (Å²) in [6, 6.07) is 0. The van der Waals surface area contributed by atoms with Crippen LogP contribution in [0.15, 0.2) is 24.0 Å². The number of rotatable bonds is 7. The van der Waals surface area contributed by atoms with Crippen LogP contribution in [0.25, 0.3) is 0 Å². The highest BCUT2D eigenvalue weighted by molar-refractivity contribution is 7.39. The lowest BCUT2D eigenvalue weighted by Crippen LogP contribution is -2.44. The monoisotopic (exact) mass is 434 g/mol. The third kappa shape index (κ3) is 7.37. The van der Waals surface area contributed by atoms with Gasteiger partial charge in [0.15, 0.2) is 18.4 Å². The molecule has 0 spiro atoms. The molecule has 1 saturated heterocycles. The number of hydrogen-bond donors (Lipinski definition) is 3. The molecule has 0 radical (unpaired) electrons. The fourth-order valence-electron chi connectivity index (χ4n) is 2.77. The molecule has 4 unspecified atom stereocenters. The van der Waals surface area contributed by atoms with Crippen molar-refractivity contribution in [2.75, 3.05) is 6.61 Å². The van der Waals surface area contributed by atoms with Crippen molar-refractivity contribution in [3.8, 4) is 0 Å². The molecular formula is C17H27N2O9P. The van der Waals surface area contributed by atoms with Gasteiger partial charge in [0.2, 0.25) is 5.91 Å². The molecule has 2 heterocycles. The standard InChI is InChI=1S/C15H21N2O9P.C2H6/c1-8(18)24-12-11(7-23-27(21)22)26-15(13(12)25-9(2)19)17-5-3-4-10(6-17)14(16)20;1-2/h3,5-6,11-13,15,21-22H,4,7H2,1-2H3,(H2,16,20);1-2H3. The quantitative estimate of drug-likeness (QED) is 0.379. The van der Waals surface area contributed by atoms with Gasteiger partial charge in [-0.3, -0.25) is 14.4 Å². The van der Waals surface area contributed by atoms with Gasteiger partial charge in [0, 0.05) is 31.8 Å². The summed E-state index contributed by atoms with van der Waals surface area (Å²) in [6.07, 6.45) is 1.02. The number of nitrogens with zero attached hydrogens (tertiary/aromatic N) is 1. The molecule has 164 valence electrons. The molecule has 29 heavy (non-hydrogen) atoms. The van der Waals surface area contributed by atoms with E-state index in [1.807, 2.05) is 13.8 Å². The molecule has 0 aromatic heterocycles. The molecule has 4 N–H and O–H groups in total. The summed E-state index contributed by atoms with van der Waals surface area (Å²) in [5, 5.41) is 0. The van der Waals surface area contributed by atoms with Crippen LogP contribution in [0.2, 0.25) is 0 Å². The molecular weight excluding hydrogens is 407 g/mol. The Kier molecular flexibility index (Phi) is 10.2. The second-order valence-electron chi connectivity index (χ2n) is 5.82. The Morgan fingerprint density at radius 2 is 1.79 bits per heavy atom. The van der Waals surface area contributed by atoms with Gasteiger partial charge in [-0.2, -0.15) is 0 Å². The van der Waals surface area contributed by atoms with Crippen molar-refractivity contribution in [2.24, 2.45) is 5.73 Å². The fraction of sp³-hybridized carbons (Fsp3) is 0.588. The van der Waals surface area contributed by atoms with E-state index in [-0.39, 0.29) is 6.61 Å². The summed E-state index contributed by atoms with van der Waals surface area (Å²) in [7, 11) is -2.66. The van der Waals surface area contributed by atoms with Crippen LogP contribution in [0.1, 0.15) is 34.1 Å². The van der Waals surface area contributed by atoms with E-state index in [0.717, 1.165) is 0 Å². The Labute approximate surface area is 170 Å². The maximum absolute atomic E-state index is 11.6. The summed E-state index contributed by atoms with van der Waals surface area (Å²) in [6.45, 7) is 6.03. The molecule has 2 aliphatic heterocycles. The SMILES string of the molecule is CC.CC(=O)OC1C(COP(O)O)OC(N2C=CCC(C(N)=O)=C2)C1OC(C)=O. The second kappa shape index (κ2) is 11.8. The van der Waals surface area contributed by atoms with Crippen LogP contribution in [0.3, 0.4) is 0 Å². The maximum Gasteiger partial charge on any atom is 0.327 e. The molecule has 4 atom stereocenters. The molecule has 0 bridgehead atoms. The van der Waals surface area contributed by atoms with Gasteiger partial charge in [0.05, 0.1) is 6.61 Å². The number of nitrogens with two attached hydrogens (primary N) is 1. The summed E-state index contributed by atoms with van der Waals surface area (Å²) in [5.74, 6) is -1.91. The van der Waals surface area contributed by atoms with Crippen LogP contribution in [-0.4, -0.2) is 63.7 Å². The first-order valence-electron chi connectivity index (χ1n) is 8.94. The average molecular weight is 434 g/mol. The Bertz CT molecular complexity index is 653. The number of carbonyl (C=O) groups excluding carboxylic acids is 3. The van der Waals surface area contributed by atoms with Crippen molar-refractivity contribution in [1.29, 1.82) is 0 Å². The molecule has 0 aromatic rings. The van der Waals surface area contributed by atoms with Crippen molar-refractivity contribution < 1.29 is 42.9 Å². The zero-order valence-electron chi connectivity index (χ0n) is 16.7. The predicted molar refractivity (Wildman–Crippen MR) is 101 cm³/mol. The van der Waals surface area contributed by atoms with Crippen LogP contribution in [-0.2, 0) is 33.1 Å². The van der Waals surface area contributed by atoms with E-state index in [4.69, 9.17) is 34.3 Å². The first kappa shape index (κ1) is 25.0. The van der Waals surface area contributed by atoms with Crippen molar-refractivity contribution in [3.05, 3.63) is 24.0 Å². The number of primary amides is 1. The van der Waals surface area contributed by atoms with Gasteiger partial charge in [0.25, 0.3) is 0 Å². The Hall–Kier alpha value is -2.04. The van der Waals surface area contributed by atoms with E-state index in [2.05, 4.69) is 0 Å². The normalized spacial score (nSPS) is 25.8. The summed E-state index contributed by atoms with van der Waals surface area (Å²) in [5.41, 5.74) is 5.61. The van der Waals surface area contributed by atoms with Gasteiger partial charge in [-0.05, 0) is 6.42 Å². The zero-order chi connectivity index (χ0) is 22.1. The minimum atomic E-state index is -2.66. The van der Waals surface area contributed by atoms with Crippen molar-refractivity contribution in [1.82, 2.24) is 4.90 Å². The van der Waals surface area contributed by atoms with Gasteiger partial charge in [-0.1, -0.05) is 19.9 Å². The molecule has 1 amide bonds. The number of esters is 2. The molecule has 0 aromatic carbocycles. The van der Waals surface area contributed by atoms with Crippen LogP contribution < -0.4 is 5.73 Å². The van der Waals surface area contributed by atoms with E-state index in [1.54, 1.807) is 12.3 Å². The molecule has 2 rings (SSSR count). The van der Waals surface area contributed by atoms with Gasteiger partial charge >= 0.3 is 20.5 Å². The van der Waals surface area contributed by atoms with E-state index < -0.39 is 51.0 Å². The highest BCUT2D eigenvalue weighted by Gasteiger charge is 2.51. The lowest BCUT2D eigenvalue weighted by Gasteiger charge is -2.30. The predicted octanol–water partition coefficient (Wildman–Crippen LogP) is 0.418. The first-order valence-corrected chi connectivity index (χ1v) is 10.1. The number of amides is 1. The molecule has 11 nitrogen and oxygen atoms in total. The molecule has 1 fully saturated rings. The van der Waals surface area contributed by atoms with Gasteiger partial charge in [-0.25, -0.2) is 0 Å². The minimum Gasteiger partial charge on any atom is -0.456 e. The lowest BCUT2D eigenvalue weighted by atomic mass is 10.1. The Balaban J connectivity index is 0.00000204. The smallest absolute Gasteiger partial charge is 0.327 e. The Morgan fingerprint density at radius 3 is 2.31 bits per heavy atom. The summed E-state index contributed by atoms with van der Waals surface area (Å²) >= 11 is 0. The first-order chi connectivity index (χ1) is 13.7. The highest BCUT2D eigenvalue weighted by atomic mass is 31.2. The van der Waals surface area contributed by atoms with Crippen molar-refractivity contribution >= 4 is 26.4 Å². The van der Waals surface area contributed by atoms with E-state index in [1.165, 1.54) is 24.9 Å². The van der Waals surface area contributed by atoms with Crippen LogP contribution in [0, 0.1) is 0 Å². The Morgan fingerprint density at radius 1 is 1.21 bits per heavy atom. The molecule has 2 aliphatic rings. The third-order valence-corrected chi connectivity index (χ3v) is 4.15. The zero-order valence-corrected chi connectivity index (χ0v) is 17.6. The van der Waals surface area contributed by atoms with Crippen LogP contribution in [0.5, 0.6) is 0 Å². The number of hydrogen-bond acceptors (Lipinski definition) is 10. The number of ether oxygens (including phenoxy) is 3. The van der Waals surface area contributed by atoms with Crippen molar-refractivity contribution in [2.45, 2.75) is 58.7 Å². The van der Waals surface area contributed by atoms with E-state index in [9.17, 15) is 14.4 Å². The van der Waals surface area contributed by atoms with Crippen molar-refractivity contribution in [3.63, 3.8) is 0 Å². The molecule has 0 saturated carbocycles. The number of allylic oxidation sites excluding steroid dienone is 1. The molecule has 0 aliphatic carbocycles. The fourth-order valence-corrected chi connectivity index (χ4v) is 3.05. The number of carbonyl (C=O) groups is 3. The average Bonchev–Trinajstić information content (AvgIpc) is 2.98. The van der Waals surface area contributed by atoms with Gasteiger partial charge < -0.3 is 39.2 Å². The summed E-state index contributed by atoms with van der Waals surface area (Å²) < 4.78 is 21.1. The van der Waals surface area contributed by atoms with E-state index >= 15 is 0 Å². The molecule has 12 heteroatoms. The van der Waals surface area contributed by atoms with Gasteiger partial charge in [-0.15, -0.1) is 0 Å². The topological polar surface area (TPSA) is 158 Å². The minimum absolute atomic E-state index is 0.306.